The van der Waals surface area contributed by atoms with Crippen molar-refractivity contribution < 1.29 is 9.13 Å². The van der Waals surface area contributed by atoms with E-state index in [1.165, 1.54) is 25.3 Å². The molecule has 1 aliphatic carbocycles. The Labute approximate surface area is 126 Å². The molecule has 3 nitrogen and oxygen atoms in total. The molecule has 0 amide bonds. The molecule has 2 fully saturated rings. The molecular formula is C17H25FN2O. The first-order valence-electron chi connectivity index (χ1n) is 8.08. The Bertz CT molecular complexity index is 468. The number of nitrogens with one attached hydrogen (secondary N) is 1. The van der Waals surface area contributed by atoms with Crippen LogP contribution in [0.15, 0.2) is 24.3 Å². The van der Waals surface area contributed by atoms with E-state index < -0.39 is 0 Å². The van der Waals surface area contributed by atoms with Gasteiger partial charge in [0.05, 0.1) is 5.60 Å². The number of ether oxygens (including phenoxy) is 1. The van der Waals surface area contributed by atoms with Crippen LogP contribution in [0.4, 0.5) is 4.39 Å². The Morgan fingerprint density at radius 1 is 1.29 bits per heavy atom. The second kappa shape index (κ2) is 6.42. The number of rotatable bonds is 3. The predicted octanol–water partition coefficient (Wildman–Crippen LogP) is 3.46. The first-order chi connectivity index (χ1) is 10.2. The summed E-state index contributed by atoms with van der Waals surface area (Å²) in [7, 11) is 0. The van der Waals surface area contributed by atoms with Gasteiger partial charge in [-0.2, -0.15) is 0 Å². The highest BCUT2D eigenvalue weighted by Gasteiger charge is 2.40. The summed E-state index contributed by atoms with van der Waals surface area (Å²) in [5.41, 5.74) is 3.90. The molecule has 3 rings (SSSR count). The maximum Gasteiger partial charge on any atom is 0.123 e. The average molecular weight is 292 g/mol. The van der Waals surface area contributed by atoms with Gasteiger partial charge in [0, 0.05) is 12.6 Å². The lowest BCUT2D eigenvalue weighted by atomic mass is 9.73. The van der Waals surface area contributed by atoms with Crippen LogP contribution in [0.5, 0.6) is 0 Å². The van der Waals surface area contributed by atoms with Gasteiger partial charge in [-0.1, -0.05) is 31.4 Å². The number of hydrogen-bond donors (Lipinski definition) is 2. The van der Waals surface area contributed by atoms with Gasteiger partial charge in [0.1, 0.15) is 5.82 Å². The van der Waals surface area contributed by atoms with Gasteiger partial charge >= 0.3 is 0 Å². The van der Waals surface area contributed by atoms with Gasteiger partial charge in [0.15, 0.2) is 0 Å². The lowest BCUT2D eigenvalue weighted by Gasteiger charge is -2.45. The monoisotopic (exact) mass is 292 g/mol. The van der Waals surface area contributed by atoms with E-state index in [2.05, 4.69) is 5.43 Å². The van der Waals surface area contributed by atoms with Gasteiger partial charge in [-0.05, 0) is 49.3 Å². The van der Waals surface area contributed by atoms with Crippen LogP contribution in [0, 0.1) is 11.7 Å². The summed E-state index contributed by atoms with van der Waals surface area (Å²) < 4.78 is 19.6. The Morgan fingerprint density at radius 3 is 2.81 bits per heavy atom. The van der Waals surface area contributed by atoms with E-state index >= 15 is 0 Å². The fourth-order valence-corrected chi connectivity index (χ4v) is 4.10. The number of hydrazine groups is 1. The molecule has 3 N–H and O–H groups in total. The minimum atomic E-state index is -0.202. The van der Waals surface area contributed by atoms with Crippen LogP contribution in [0.2, 0.25) is 0 Å². The van der Waals surface area contributed by atoms with Crippen molar-refractivity contribution in [2.45, 2.75) is 56.6 Å². The summed E-state index contributed by atoms with van der Waals surface area (Å²) in [5.74, 6) is 5.99. The van der Waals surface area contributed by atoms with E-state index in [1.54, 1.807) is 12.1 Å². The first-order valence-corrected chi connectivity index (χ1v) is 8.08. The lowest BCUT2D eigenvalue weighted by Crippen LogP contribution is -2.45. The SMILES string of the molecule is NNC(c1cccc(F)c1)C1CCOC2(CCCCC2)C1. The number of nitrogens with two attached hydrogens (primary N) is 1. The van der Waals surface area contributed by atoms with Crippen LogP contribution in [0.3, 0.4) is 0 Å². The quantitative estimate of drug-likeness (QED) is 0.662. The maximum atomic E-state index is 13.5. The van der Waals surface area contributed by atoms with Crippen molar-refractivity contribution in [2.75, 3.05) is 6.61 Å². The molecule has 2 atom stereocenters. The second-order valence-electron chi connectivity index (χ2n) is 6.54. The molecule has 1 saturated carbocycles. The molecule has 116 valence electrons. The zero-order valence-corrected chi connectivity index (χ0v) is 12.5. The summed E-state index contributed by atoms with van der Waals surface area (Å²) in [5, 5.41) is 0. The largest absolute Gasteiger partial charge is 0.375 e. The zero-order chi connectivity index (χ0) is 14.7. The van der Waals surface area contributed by atoms with Gasteiger partial charge < -0.3 is 4.74 Å². The third kappa shape index (κ3) is 3.28. The molecule has 1 aromatic rings. The van der Waals surface area contributed by atoms with E-state index in [9.17, 15) is 4.39 Å². The smallest absolute Gasteiger partial charge is 0.123 e. The normalized spacial score (nSPS) is 26.7. The number of benzene rings is 1. The van der Waals surface area contributed by atoms with E-state index in [1.807, 2.05) is 6.07 Å². The van der Waals surface area contributed by atoms with Crippen molar-refractivity contribution in [1.29, 1.82) is 0 Å². The molecule has 0 bridgehead atoms. The molecule has 0 radical (unpaired) electrons. The Kier molecular flexibility index (Phi) is 4.57. The summed E-state index contributed by atoms with van der Waals surface area (Å²) >= 11 is 0. The van der Waals surface area contributed by atoms with Crippen molar-refractivity contribution >= 4 is 0 Å². The van der Waals surface area contributed by atoms with Crippen molar-refractivity contribution in [2.24, 2.45) is 11.8 Å². The van der Waals surface area contributed by atoms with Gasteiger partial charge in [-0.15, -0.1) is 0 Å². The van der Waals surface area contributed by atoms with Crippen molar-refractivity contribution in [1.82, 2.24) is 5.43 Å². The zero-order valence-electron chi connectivity index (χ0n) is 12.5. The van der Waals surface area contributed by atoms with Crippen LogP contribution in [0.25, 0.3) is 0 Å². The molecule has 2 unspecified atom stereocenters. The molecule has 1 spiro atoms. The van der Waals surface area contributed by atoms with Crippen molar-refractivity contribution in [3.05, 3.63) is 35.6 Å². The maximum absolute atomic E-state index is 13.5. The van der Waals surface area contributed by atoms with Gasteiger partial charge in [-0.3, -0.25) is 11.3 Å². The molecule has 1 aliphatic heterocycles. The third-order valence-corrected chi connectivity index (χ3v) is 5.15. The number of hydrogen-bond acceptors (Lipinski definition) is 3. The predicted molar refractivity (Wildman–Crippen MR) is 81.0 cm³/mol. The second-order valence-corrected chi connectivity index (χ2v) is 6.54. The molecule has 0 aromatic heterocycles. The van der Waals surface area contributed by atoms with Crippen LogP contribution in [0.1, 0.15) is 56.6 Å². The molecule has 4 heteroatoms. The third-order valence-electron chi connectivity index (χ3n) is 5.15. The van der Waals surface area contributed by atoms with Gasteiger partial charge in [0.2, 0.25) is 0 Å². The summed E-state index contributed by atoms with van der Waals surface area (Å²) in [6.07, 6.45) is 8.15. The Balaban J connectivity index is 1.77. The molecule has 1 heterocycles. The van der Waals surface area contributed by atoms with Gasteiger partial charge in [-0.25, -0.2) is 4.39 Å². The summed E-state index contributed by atoms with van der Waals surface area (Å²) in [6.45, 7) is 0.790. The topological polar surface area (TPSA) is 47.3 Å². The summed E-state index contributed by atoms with van der Waals surface area (Å²) in [6, 6.07) is 6.78. The fraction of sp³-hybridized carbons (Fsp3) is 0.647. The average Bonchev–Trinajstić information content (AvgIpc) is 2.49. The molecule has 2 aliphatic rings. The molecule has 1 aromatic carbocycles. The summed E-state index contributed by atoms with van der Waals surface area (Å²) in [4.78, 5) is 0. The first kappa shape index (κ1) is 14.9. The lowest BCUT2D eigenvalue weighted by molar-refractivity contribution is -0.122. The highest BCUT2D eigenvalue weighted by atomic mass is 19.1. The Morgan fingerprint density at radius 2 is 2.10 bits per heavy atom. The van der Waals surface area contributed by atoms with E-state index in [0.717, 1.165) is 37.9 Å². The van der Waals surface area contributed by atoms with E-state index in [0.29, 0.717) is 5.92 Å². The highest BCUT2D eigenvalue weighted by molar-refractivity contribution is 5.21. The minimum Gasteiger partial charge on any atom is -0.375 e. The van der Waals surface area contributed by atoms with Crippen LogP contribution in [-0.2, 0) is 4.74 Å². The van der Waals surface area contributed by atoms with E-state index in [-0.39, 0.29) is 17.5 Å². The van der Waals surface area contributed by atoms with Crippen LogP contribution in [-0.4, -0.2) is 12.2 Å². The molecular weight excluding hydrogens is 267 g/mol. The van der Waals surface area contributed by atoms with Crippen molar-refractivity contribution in [3.8, 4) is 0 Å². The number of halogens is 1. The van der Waals surface area contributed by atoms with Crippen molar-refractivity contribution in [3.63, 3.8) is 0 Å². The van der Waals surface area contributed by atoms with E-state index in [4.69, 9.17) is 10.6 Å². The Hall–Kier alpha value is -0.970. The molecule has 1 saturated heterocycles. The highest BCUT2D eigenvalue weighted by Crippen LogP contribution is 2.44. The standard InChI is InChI=1S/C17H25FN2O/c18-15-6-4-5-13(11-15)16(20-19)14-7-10-21-17(12-14)8-2-1-3-9-17/h4-6,11,14,16,20H,1-3,7-10,12,19H2. The fourth-order valence-electron chi connectivity index (χ4n) is 4.10. The minimum absolute atomic E-state index is 0.00315. The van der Waals surface area contributed by atoms with Gasteiger partial charge in [0.25, 0.3) is 0 Å². The van der Waals surface area contributed by atoms with Crippen LogP contribution < -0.4 is 11.3 Å². The molecule has 21 heavy (non-hydrogen) atoms. The van der Waals surface area contributed by atoms with Crippen LogP contribution >= 0.6 is 0 Å².